The van der Waals surface area contributed by atoms with E-state index >= 15 is 0 Å². The number of pyridine rings is 1. The summed E-state index contributed by atoms with van der Waals surface area (Å²) in [5.41, 5.74) is 3.83. The van der Waals surface area contributed by atoms with Crippen LogP contribution in [-0.2, 0) is 0 Å². The van der Waals surface area contributed by atoms with E-state index in [-0.39, 0.29) is 16.9 Å². The largest absolute Gasteiger partial charge is 0.412 e. The first-order chi connectivity index (χ1) is 10.8. The van der Waals surface area contributed by atoms with Crippen LogP contribution in [0.5, 0.6) is 0 Å². The Balaban J connectivity index is 0. The van der Waals surface area contributed by atoms with Crippen molar-refractivity contribution in [3.63, 3.8) is 0 Å². The highest BCUT2D eigenvalue weighted by Crippen LogP contribution is 2.11. The van der Waals surface area contributed by atoms with Gasteiger partial charge in [0.1, 0.15) is 6.21 Å². The summed E-state index contributed by atoms with van der Waals surface area (Å²) in [5.74, 6) is -0.247. The maximum absolute atomic E-state index is 11.7. The number of hydrazone groups is 1. The molecule has 1 aromatic heterocycles. The normalized spacial score (nSPS) is 9.96. The molecule has 12 heteroatoms. The smallest absolute Gasteiger partial charge is 0.271 e. The van der Waals surface area contributed by atoms with Gasteiger partial charge in [-0.05, 0) is 24.3 Å². The predicted molar refractivity (Wildman–Crippen MR) is 79.4 cm³/mol. The number of halogens is 2. The second kappa shape index (κ2) is 12.4. The highest BCUT2D eigenvalue weighted by atomic mass is 79.9. The SMILES string of the molecule is O.O.O=C(N/N=C/c1cccc[nH+]1)c1cccc(Br)c1.[O-][Cl+3]([O-])([O-])[O-]. The molecular formula is C13H15BrClN3O7. The summed E-state index contributed by atoms with van der Waals surface area (Å²) in [4.78, 5) is 14.7. The monoisotopic (exact) mass is 439 g/mol. The van der Waals surface area contributed by atoms with Crippen molar-refractivity contribution in [2.24, 2.45) is 5.10 Å². The van der Waals surface area contributed by atoms with Gasteiger partial charge in [-0.2, -0.15) is 5.10 Å². The van der Waals surface area contributed by atoms with Crippen molar-refractivity contribution >= 4 is 28.1 Å². The number of benzene rings is 1. The van der Waals surface area contributed by atoms with E-state index in [9.17, 15) is 4.79 Å². The lowest BCUT2D eigenvalue weighted by Gasteiger charge is -2.17. The van der Waals surface area contributed by atoms with Gasteiger partial charge in [0.15, 0.2) is 6.20 Å². The van der Waals surface area contributed by atoms with Crippen molar-refractivity contribution < 1.29 is 49.6 Å². The Hall–Kier alpha value is -1.96. The lowest BCUT2D eigenvalue weighted by atomic mass is 10.2. The number of amides is 1. The summed E-state index contributed by atoms with van der Waals surface area (Å²) in [6, 6.07) is 12.7. The summed E-state index contributed by atoms with van der Waals surface area (Å²) < 4.78 is 34.8. The molecule has 0 aliphatic carbocycles. The van der Waals surface area contributed by atoms with Gasteiger partial charge < -0.3 is 11.0 Å². The Morgan fingerprint density at radius 3 is 2.28 bits per heavy atom. The number of aromatic nitrogens is 1. The van der Waals surface area contributed by atoms with Crippen LogP contribution in [0.2, 0.25) is 0 Å². The van der Waals surface area contributed by atoms with Crippen LogP contribution in [0.4, 0.5) is 0 Å². The molecule has 2 aromatic rings. The van der Waals surface area contributed by atoms with Crippen LogP contribution < -0.4 is 29.0 Å². The molecule has 0 atom stereocenters. The van der Waals surface area contributed by atoms with Crippen molar-refractivity contribution in [3.05, 3.63) is 64.4 Å². The molecule has 0 radical (unpaired) electrons. The molecule has 0 aliphatic heterocycles. The Kier molecular flexibility index (Phi) is 12.5. The van der Waals surface area contributed by atoms with Gasteiger partial charge in [-0.3, -0.25) is 4.79 Å². The van der Waals surface area contributed by atoms with E-state index < -0.39 is 10.2 Å². The van der Waals surface area contributed by atoms with Crippen molar-refractivity contribution in [3.8, 4) is 0 Å². The van der Waals surface area contributed by atoms with Crippen molar-refractivity contribution in [2.45, 2.75) is 0 Å². The molecule has 25 heavy (non-hydrogen) atoms. The van der Waals surface area contributed by atoms with E-state index in [1.54, 1.807) is 30.6 Å². The topological polar surface area (TPSA) is 211 Å². The molecule has 0 saturated heterocycles. The van der Waals surface area contributed by atoms with Crippen LogP contribution in [0, 0.1) is 10.2 Å². The van der Waals surface area contributed by atoms with Crippen LogP contribution in [0.15, 0.2) is 58.2 Å². The predicted octanol–water partition coefficient (Wildman–Crippen LogP) is -4.38. The Bertz CT molecular complexity index is 662. The Morgan fingerprint density at radius 1 is 1.12 bits per heavy atom. The Labute approximate surface area is 152 Å². The van der Waals surface area contributed by atoms with Crippen LogP contribution in [0.3, 0.4) is 0 Å². The van der Waals surface area contributed by atoms with E-state index in [4.69, 9.17) is 18.6 Å². The third-order valence-electron chi connectivity index (χ3n) is 2.19. The summed E-state index contributed by atoms with van der Waals surface area (Å²) in [6.45, 7) is 0. The van der Waals surface area contributed by atoms with Gasteiger partial charge in [0.05, 0.1) is 0 Å². The fraction of sp³-hybridized carbons (Fsp3) is 0. The molecule has 6 N–H and O–H groups in total. The molecular weight excluding hydrogens is 426 g/mol. The molecule has 1 aromatic carbocycles. The third kappa shape index (κ3) is 13.1. The molecule has 2 rings (SSSR count). The molecule has 1 heterocycles. The quantitative estimate of drug-likeness (QED) is 0.369. The first-order valence-electron chi connectivity index (χ1n) is 5.93. The zero-order valence-electron chi connectivity index (χ0n) is 12.4. The number of nitrogens with zero attached hydrogens (tertiary/aromatic N) is 1. The van der Waals surface area contributed by atoms with Gasteiger partial charge in [-0.25, -0.2) is 29.0 Å². The number of carbonyl (C=O) groups excluding carboxylic acids is 1. The van der Waals surface area contributed by atoms with Gasteiger partial charge in [0.2, 0.25) is 5.69 Å². The summed E-state index contributed by atoms with van der Waals surface area (Å²) in [5, 5.41) is 3.88. The third-order valence-corrected chi connectivity index (χ3v) is 2.68. The molecule has 1 amide bonds. The van der Waals surface area contributed by atoms with Gasteiger partial charge >= 0.3 is 0 Å². The Morgan fingerprint density at radius 2 is 1.76 bits per heavy atom. The number of H-pyrrole nitrogens is 1. The molecule has 0 bridgehead atoms. The second-order valence-corrected chi connectivity index (χ2v) is 5.58. The minimum atomic E-state index is -4.94. The number of aromatic amines is 1. The first kappa shape index (κ1) is 25.3. The molecule has 0 saturated carbocycles. The van der Waals surface area contributed by atoms with Gasteiger partial charge in [0.25, 0.3) is 5.91 Å². The van der Waals surface area contributed by atoms with Crippen LogP contribution in [0.25, 0.3) is 0 Å². The fourth-order valence-electron chi connectivity index (χ4n) is 1.34. The minimum Gasteiger partial charge on any atom is -0.412 e. The summed E-state index contributed by atoms with van der Waals surface area (Å²) in [6.07, 6.45) is 3.34. The number of rotatable bonds is 3. The highest BCUT2D eigenvalue weighted by Gasteiger charge is 2.03. The maximum atomic E-state index is 11.7. The van der Waals surface area contributed by atoms with Crippen molar-refractivity contribution in [1.82, 2.24) is 5.43 Å². The molecule has 138 valence electrons. The second-order valence-electron chi connectivity index (χ2n) is 3.91. The van der Waals surface area contributed by atoms with Crippen LogP contribution in [-0.4, -0.2) is 23.1 Å². The molecule has 0 unspecified atom stereocenters. The maximum Gasteiger partial charge on any atom is 0.271 e. The zero-order chi connectivity index (χ0) is 17.3. The number of carbonyl (C=O) groups is 1. The zero-order valence-corrected chi connectivity index (χ0v) is 14.8. The van der Waals surface area contributed by atoms with Crippen LogP contribution >= 0.6 is 15.9 Å². The van der Waals surface area contributed by atoms with Gasteiger partial charge in [-0.1, -0.05) is 22.0 Å². The lowest BCUT2D eigenvalue weighted by Crippen LogP contribution is -2.68. The fourth-order valence-corrected chi connectivity index (χ4v) is 1.74. The van der Waals surface area contributed by atoms with E-state index in [0.717, 1.165) is 10.2 Å². The van der Waals surface area contributed by atoms with E-state index in [1.807, 2.05) is 24.3 Å². The average Bonchev–Trinajstić information content (AvgIpc) is 2.46. The number of hydrogen-bond donors (Lipinski definition) is 1. The molecule has 0 spiro atoms. The van der Waals surface area contributed by atoms with Gasteiger partial charge in [0, 0.05) is 22.2 Å². The van der Waals surface area contributed by atoms with Crippen molar-refractivity contribution in [1.29, 1.82) is 0 Å². The molecule has 0 aliphatic rings. The highest BCUT2D eigenvalue weighted by molar-refractivity contribution is 9.10. The standard InChI is InChI=1S/C13H10BrN3O.ClHO4.2H2O/c14-11-5-3-4-10(8-11)13(18)17-16-9-12-6-1-2-7-15-12;2-1(3,4)5;;/h1-9H,(H,17,18);(H,2,3,4,5);2*1H2/b16-9+;;;. The number of hydrogen-bond acceptors (Lipinski definition) is 6. The molecule has 10 nitrogen and oxygen atoms in total. The summed E-state index contributed by atoms with van der Waals surface area (Å²) >= 11 is 3.31. The van der Waals surface area contributed by atoms with E-state index in [1.165, 1.54) is 0 Å². The average molecular weight is 441 g/mol. The summed E-state index contributed by atoms with van der Waals surface area (Å²) in [7, 11) is -4.94. The first-order valence-corrected chi connectivity index (χ1v) is 7.96. The molecule has 0 fully saturated rings. The number of nitrogens with one attached hydrogen (secondary N) is 2. The minimum absolute atomic E-state index is 0. The van der Waals surface area contributed by atoms with Crippen molar-refractivity contribution in [2.75, 3.05) is 0 Å². The van der Waals surface area contributed by atoms with E-state index in [2.05, 4.69) is 31.4 Å². The van der Waals surface area contributed by atoms with Gasteiger partial charge in [-0.15, -0.1) is 10.2 Å². The lowest BCUT2D eigenvalue weighted by molar-refractivity contribution is -2.00. The van der Waals surface area contributed by atoms with Crippen LogP contribution in [0.1, 0.15) is 16.1 Å². The van der Waals surface area contributed by atoms with E-state index in [0.29, 0.717) is 5.56 Å².